The number of hydrogen-bond donors (Lipinski definition) is 1. The van der Waals surface area contributed by atoms with Gasteiger partial charge in [0.2, 0.25) is 5.91 Å². The largest absolute Gasteiger partial charge is 0.348 e. The van der Waals surface area contributed by atoms with Gasteiger partial charge in [-0.3, -0.25) is 14.4 Å². The lowest BCUT2D eigenvalue weighted by atomic mass is 10.1. The molecule has 0 unspecified atom stereocenters. The Bertz CT molecular complexity index is 675. The summed E-state index contributed by atoms with van der Waals surface area (Å²) in [5, 5.41) is 7.51. The minimum absolute atomic E-state index is 0.0103. The van der Waals surface area contributed by atoms with Gasteiger partial charge in [0.05, 0.1) is 18.3 Å². The molecule has 1 heterocycles. The van der Waals surface area contributed by atoms with Crippen molar-refractivity contribution in [2.45, 2.75) is 46.8 Å². The van der Waals surface area contributed by atoms with Crippen LogP contribution in [-0.4, -0.2) is 34.2 Å². The average molecular weight is 328 g/mol. The van der Waals surface area contributed by atoms with E-state index in [4.69, 9.17) is 0 Å². The van der Waals surface area contributed by atoms with E-state index in [0.29, 0.717) is 6.54 Å². The molecule has 5 heteroatoms. The second-order valence-electron chi connectivity index (χ2n) is 6.47. The summed E-state index contributed by atoms with van der Waals surface area (Å²) in [6, 6.07) is 8.27. The third-order valence-corrected chi connectivity index (χ3v) is 4.18. The number of carbonyl (C=O) groups is 1. The predicted molar refractivity (Wildman–Crippen MR) is 96.7 cm³/mol. The average Bonchev–Trinajstić information content (AvgIpc) is 2.87. The van der Waals surface area contributed by atoms with Crippen molar-refractivity contribution in [2.75, 3.05) is 13.6 Å². The second kappa shape index (κ2) is 8.11. The van der Waals surface area contributed by atoms with Gasteiger partial charge in [-0.2, -0.15) is 5.10 Å². The van der Waals surface area contributed by atoms with E-state index >= 15 is 0 Å². The van der Waals surface area contributed by atoms with Crippen molar-refractivity contribution >= 4 is 5.91 Å². The fourth-order valence-corrected chi connectivity index (χ4v) is 2.69. The summed E-state index contributed by atoms with van der Waals surface area (Å²) in [5.74, 6) is 0.0334. The molecule has 1 aromatic heterocycles. The third-order valence-electron chi connectivity index (χ3n) is 4.18. The zero-order chi connectivity index (χ0) is 17.7. The van der Waals surface area contributed by atoms with Gasteiger partial charge in [-0.1, -0.05) is 29.8 Å². The number of hydrogen-bond acceptors (Lipinski definition) is 3. The van der Waals surface area contributed by atoms with Crippen LogP contribution in [0.3, 0.4) is 0 Å². The van der Waals surface area contributed by atoms with Crippen LogP contribution < -0.4 is 5.32 Å². The molecule has 130 valence electrons. The molecule has 1 amide bonds. The van der Waals surface area contributed by atoms with Crippen LogP contribution in [-0.2, 0) is 17.9 Å². The van der Waals surface area contributed by atoms with Crippen molar-refractivity contribution in [3.63, 3.8) is 0 Å². The lowest BCUT2D eigenvalue weighted by Gasteiger charge is -2.19. The minimum atomic E-state index is 0.0103. The number of likely N-dealkylation sites (N-methyl/N-ethyl adjacent to an activating group) is 1. The molecule has 1 atom stereocenters. The number of nitrogens with zero attached hydrogens (tertiary/aromatic N) is 3. The van der Waals surface area contributed by atoms with Gasteiger partial charge in [0, 0.05) is 24.8 Å². The number of amides is 1. The molecule has 0 aliphatic carbocycles. The molecule has 1 N–H and O–H groups in total. The van der Waals surface area contributed by atoms with Crippen LogP contribution in [0.4, 0.5) is 0 Å². The van der Waals surface area contributed by atoms with Crippen LogP contribution >= 0.6 is 0 Å². The van der Waals surface area contributed by atoms with Crippen molar-refractivity contribution in [1.82, 2.24) is 20.0 Å². The summed E-state index contributed by atoms with van der Waals surface area (Å²) in [5.41, 5.74) is 4.53. The Morgan fingerprint density at radius 2 is 1.96 bits per heavy atom. The van der Waals surface area contributed by atoms with Gasteiger partial charge in [-0.15, -0.1) is 0 Å². The SMILES string of the molecule is CCn1cc(CN(C)CC(=O)N[C@@H](C)c2ccc(C)cc2)c(C)n1. The molecule has 0 saturated heterocycles. The molecule has 1 aromatic carbocycles. The first kappa shape index (κ1) is 18.2. The maximum absolute atomic E-state index is 12.3. The highest BCUT2D eigenvalue weighted by atomic mass is 16.2. The third kappa shape index (κ3) is 4.93. The Morgan fingerprint density at radius 3 is 2.54 bits per heavy atom. The Labute approximate surface area is 144 Å². The zero-order valence-electron chi connectivity index (χ0n) is 15.3. The maximum Gasteiger partial charge on any atom is 0.234 e. The van der Waals surface area contributed by atoms with Gasteiger partial charge in [0.15, 0.2) is 0 Å². The molecule has 0 spiro atoms. The number of nitrogens with one attached hydrogen (secondary N) is 1. The molecular formula is C19H28N4O. The smallest absolute Gasteiger partial charge is 0.234 e. The van der Waals surface area contributed by atoms with Crippen LogP contribution in [0.25, 0.3) is 0 Å². The Kier molecular flexibility index (Phi) is 6.15. The summed E-state index contributed by atoms with van der Waals surface area (Å²) < 4.78 is 1.93. The number of benzene rings is 1. The van der Waals surface area contributed by atoms with Gasteiger partial charge >= 0.3 is 0 Å². The van der Waals surface area contributed by atoms with Gasteiger partial charge < -0.3 is 5.32 Å². The molecule has 5 nitrogen and oxygen atoms in total. The normalized spacial score (nSPS) is 12.4. The van der Waals surface area contributed by atoms with E-state index in [1.807, 2.05) is 30.5 Å². The fourth-order valence-electron chi connectivity index (χ4n) is 2.69. The van der Waals surface area contributed by atoms with Crippen LogP contribution in [0.5, 0.6) is 0 Å². The minimum Gasteiger partial charge on any atom is -0.348 e. The molecular weight excluding hydrogens is 300 g/mol. The second-order valence-corrected chi connectivity index (χ2v) is 6.47. The van der Waals surface area contributed by atoms with Crippen molar-refractivity contribution in [2.24, 2.45) is 0 Å². The highest BCUT2D eigenvalue weighted by Gasteiger charge is 2.13. The monoisotopic (exact) mass is 328 g/mol. The van der Waals surface area contributed by atoms with E-state index in [-0.39, 0.29) is 11.9 Å². The van der Waals surface area contributed by atoms with Gasteiger partial charge in [0.1, 0.15) is 0 Å². The topological polar surface area (TPSA) is 50.2 Å². The summed E-state index contributed by atoms with van der Waals surface area (Å²) >= 11 is 0. The van der Waals surface area contributed by atoms with Gasteiger partial charge in [0.25, 0.3) is 0 Å². The summed E-state index contributed by atoms with van der Waals surface area (Å²) in [4.78, 5) is 14.3. The quantitative estimate of drug-likeness (QED) is 0.850. The molecule has 24 heavy (non-hydrogen) atoms. The zero-order valence-corrected chi connectivity index (χ0v) is 15.3. The number of rotatable bonds is 7. The van der Waals surface area contributed by atoms with Crippen molar-refractivity contribution in [3.8, 4) is 0 Å². The Morgan fingerprint density at radius 1 is 1.29 bits per heavy atom. The van der Waals surface area contributed by atoms with Crippen molar-refractivity contribution < 1.29 is 4.79 Å². The van der Waals surface area contributed by atoms with E-state index in [2.05, 4.69) is 54.7 Å². The van der Waals surface area contributed by atoms with Crippen LogP contribution in [0.15, 0.2) is 30.5 Å². The Balaban J connectivity index is 1.86. The first-order valence-corrected chi connectivity index (χ1v) is 8.46. The van der Waals surface area contributed by atoms with E-state index in [0.717, 1.165) is 24.3 Å². The van der Waals surface area contributed by atoms with E-state index in [1.54, 1.807) is 0 Å². The summed E-state index contributed by atoms with van der Waals surface area (Å²) in [6.07, 6.45) is 2.05. The molecule has 0 radical (unpaired) electrons. The van der Waals surface area contributed by atoms with Crippen LogP contribution in [0, 0.1) is 13.8 Å². The van der Waals surface area contributed by atoms with Crippen LogP contribution in [0.2, 0.25) is 0 Å². The molecule has 0 fully saturated rings. The highest BCUT2D eigenvalue weighted by molar-refractivity contribution is 5.78. The van der Waals surface area contributed by atoms with Crippen LogP contribution in [0.1, 0.15) is 42.3 Å². The molecule has 0 saturated carbocycles. The number of carbonyl (C=O) groups excluding carboxylic acids is 1. The molecule has 0 aliphatic heterocycles. The number of aromatic nitrogens is 2. The fraction of sp³-hybridized carbons (Fsp3) is 0.474. The summed E-state index contributed by atoms with van der Waals surface area (Å²) in [6.45, 7) is 10.1. The first-order valence-electron chi connectivity index (χ1n) is 8.46. The standard InChI is InChI=1S/C19H28N4O/c1-6-23-12-18(16(4)21-23)11-22(5)13-19(24)20-15(3)17-9-7-14(2)8-10-17/h7-10,12,15H,6,11,13H2,1-5H3,(H,20,24)/t15-/m0/s1. The molecule has 0 aliphatic rings. The van der Waals surface area contributed by atoms with E-state index in [1.165, 1.54) is 11.1 Å². The lowest BCUT2D eigenvalue weighted by molar-refractivity contribution is -0.122. The molecule has 2 aromatic rings. The van der Waals surface area contributed by atoms with Crippen molar-refractivity contribution in [1.29, 1.82) is 0 Å². The number of aryl methyl sites for hydroxylation is 3. The van der Waals surface area contributed by atoms with E-state index in [9.17, 15) is 4.79 Å². The predicted octanol–water partition coefficient (Wildman–Crippen LogP) is 2.83. The molecule has 2 rings (SSSR count). The van der Waals surface area contributed by atoms with Crippen molar-refractivity contribution in [3.05, 3.63) is 52.8 Å². The maximum atomic E-state index is 12.3. The Hall–Kier alpha value is -2.14. The van der Waals surface area contributed by atoms with Gasteiger partial charge in [-0.25, -0.2) is 0 Å². The first-order chi connectivity index (χ1) is 11.4. The summed E-state index contributed by atoms with van der Waals surface area (Å²) in [7, 11) is 1.96. The lowest BCUT2D eigenvalue weighted by Crippen LogP contribution is -2.36. The van der Waals surface area contributed by atoms with Gasteiger partial charge in [-0.05, 0) is 40.3 Å². The highest BCUT2D eigenvalue weighted by Crippen LogP contribution is 2.13. The molecule has 0 bridgehead atoms. The van der Waals surface area contributed by atoms with E-state index < -0.39 is 0 Å².